The number of hydrogen-bond acceptors (Lipinski definition) is 6. The number of morpholine rings is 1. The van der Waals surface area contributed by atoms with Crippen molar-refractivity contribution in [1.82, 2.24) is 14.9 Å². The van der Waals surface area contributed by atoms with E-state index in [0.29, 0.717) is 60.2 Å². The average molecular weight is 460 g/mol. The lowest BCUT2D eigenvalue weighted by atomic mass is 10.1. The standard InChI is InChI=1S/C23H23F3N4O3/c1-13-28-18-10-17(23(31)30-6-8-33-9-7-30)19(32-2)11-16(18)22(29-13)27-12-14-4-3-5-15(20(14)24)21(25)26/h3-5,10-11,21H,6-9,12H2,1-2H3,(H,27,28,29). The minimum absolute atomic E-state index is 0.0608. The molecule has 0 atom stereocenters. The topological polar surface area (TPSA) is 76.6 Å². The lowest BCUT2D eigenvalue weighted by Crippen LogP contribution is -2.40. The van der Waals surface area contributed by atoms with Crippen molar-refractivity contribution in [2.24, 2.45) is 0 Å². The predicted molar refractivity (Wildman–Crippen MR) is 116 cm³/mol. The van der Waals surface area contributed by atoms with E-state index in [1.165, 1.54) is 19.2 Å². The van der Waals surface area contributed by atoms with Gasteiger partial charge >= 0.3 is 0 Å². The Labute approximate surface area is 188 Å². The number of nitrogens with one attached hydrogen (secondary N) is 1. The van der Waals surface area contributed by atoms with E-state index < -0.39 is 17.8 Å². The highest BCUT2D eigenvalue weighted by Crippen LogP contribution is 2.31. The molecule has 1 aliphatic heterocycles. The highest BCUT2D eigenvalue weighted by Gasteiger charge is 2.23. The number of halogens is 3. The van der Waals surface area contributed by atoms with Crippen molar-refractivity contribution in [3.8, 4) is 5.75 Å². The Morgan fingerprint density at radius 1 is 1.24 bits per heavy atom. The van der Waals surface area contributed by atoms with E-state index in [0.717, 1.165) is 6.07 Å². The molecule has 1 aliphatic rings. The molecular weight excluding hydrogens is 437 g/mol. The number of amides is 1. The van der Waals surface area contributed by atoms with E-state index >= 15 is 0 Å². The fourth-order valence-electron chi connectivity index (χ4n) is 3.76. The van der Waals surface area contributed by atoms with Crippen molar-refractivity contribution in [1.29, 1.82) is 0 Å². The fraction of sp³-hybridized carbons (Fsp3) is 0.348. The first-order chi connectivity index (χ1) is 15.9. The maximum absolute atomic E-state index is 14.4. The maximum Gasteiger partial charge on any atom is 0.266 e. The molecule has 0 saturated carbocycles. The summed E-state index contributed by atoms with van der Waals surface area (Å²) < 4.78 is 51.3. The quantitative estimate of drug-likeness (QED) is 0.597. The van der Waals surface area contributed by atoms with Crippen LogP contribution in [0.3, 0.4) is 0 Å². The van der Waals surface area contributed by atoms with Crippen LogP contribution in [0.25, 0.3) is 10.9 Å². The smallest absolute Gasteiger partial charge is 0.266 e. The van der Waals surface area contributed by atoms with Crippen molar-refractivity contribution < 1.29 is 27.4 Å². The van der Waals surface area contributed by atoms with Gasteiger partial charge in [-0.3, -0.25) is 4.79 Å². The Bertz CT molecular complexity index is 1180. The molecule has 2 aromatic carbocycles. The average Bonchev–Trinajstić information content (AvgIpc) is 2.82. The van der Waals surface area contributed by atoms with Crippen LogP contribution >= 0.6 is 0 Å². The number of carbonyl (C=O) groups is 1. The SMILES string of the molecule is COc1cc2c(NCc3cccc(C(F)F)c3F)nc(C)nc2cc1C(=O)N1CCOCC1. The number of aryl methyl sites for hydroxylation is 1. The molecular formula is C23H23F3N4O3. The number of alkyl halides is 2. The zero-order valence-electron chi connectivity index (χ0n) is 18.2. The highest BCUT2D eigenvalue weighted by molar-refractivity contribution is 6.02. The first-order valence-electron chi connectivity index (χ1n) is 10.4. The van der Waals surface area contributed by atoms with Crippen LogP contribution in [0.1, 0.15) is 33.7 Å². The van der Waals surface area contributed by atoms with Gasteiger partial charge in [0.15, 0.2) is 0 Å². The molecule has 174 valence electrons. The molecule has 1 aromatic heterocycles. The van der Waals surface area contributed by atoms with E-state index in [2.05, 4.69) is 15.3 Å². The number of carbonyl (C=O) groups excluding carboxylic acids is 1. The number of rotatable bonds is 6. The third-order valence-electron chi connectivity index (χ3n) is 5.45. The Morgan fingerprint density at radius 2 is 2.00 bits per heavy atom. The van der Waals surface area contributed by atoms with Crippen molar-refractivity contribution in [2.75, 3.05) is 38.7 Å². The Morgan fingerprint density at radius 3 is 2.70 bits per heavy atom. The van der Waals surface area contributed by atoms with Crippen LogP contribution in [0.4, 0.5) is 19.0 Å². The normalized spacial score (nSPS) is 14.1. The number of fused-ring (bicyclic) bond motifs is 1. The van der Waals surface area contributed by atoms with Gasteiger partial charge in [0.25, 0.3) is 12.3 Å². The number of aromatic nitrogens is 2. The summed E-state index contributed by atoms with van der Waals surface area (Å²) in [5, 5.41) is 3.57. The summed E-state index contributed by atoms with van der Waals surface area (Å²) in [5.41, 5.74) is 0.310. The number of hydrogen-bond donors (Lipinski definition) is 1. The highest BCUT2D eigenvalue weighted by atomic mass is 19.3. The van der Waals surface area contributed by atoms with Crippen molar-refractivity contribution in [2.45, 2.75) is 19.9 Å². The van der Waals surface area contributed by atoms with Gasteiger partial charge in [-0.05, 0) is 19.1 Å². The first-order valence-corrected chi connectivity index (χ1v) is 10.4. The monoisotopic (exact) mass is 460 g/mol. The van der Waals surface area contributed by atoms with Crippen LogP contribution < -0.4 is 10.1 Å². The second-order valence-corrected chi connectivity index (χ2v) is 7.57. The number of ether oxygens (including phenoxy) is 2. The summed E-state index contributed by atoms with van der Waals surface area (Å²) in [6.07, 6.45) is -2.90. The minimum Gasteiger partial charge on any atom is -0.496 e. The number of nitrogens with zero attached hydrogens (tertiary/aromatic N) is 3. The van der Waals surface area contributed by atoms with Gasteiger partial charge in [0.05, 0.1) is 37.0 Å². The summed E-state index contributed by atoms with van der Waals surface area (Å²) in [6.45, 7) is 3.55. The van der Waals surface area contributed by atoms with Gasteiger partial charge in [0.1, 0.15) is 23.2 Å². The molecule has 0 aliphatic carbocycles. The number of anilines is 1. The zero-order valence-corrected chi connectivity index (χ0v) is 18.2. The summed E-state index contributed by atoms with van der Waals surface area (Å²) in [7, 11) is 1.46. The largest absolute Gasteiger partial charge is 0.496 e. The number of methoxy groups -OCH3 is 1. The first kappa shape index (κ1) is 22.8. The second kappa shape index (κ2) is 9.62. The van der Waals surface area contributed by atoms with Gasteiger partial charge in [-0.1, -0.05) is 18.2 Å². The molecule has 10 heteroatoms. The molecule has 1 N–H and O–H groups in total. The van der Waals surface area contributed by atoms with E-state index in [1.807, 2.05) is 0 Å². The lowest BCUT2D eigenvalue weighted by molar-refractivity contribution is 0.0301. The molecule has 0 unspecified atom stereocenters. The van der Waals surface area contributed by atoms with E-state index in [-0.39, 0.29) is 18.0 Å². The molecule has 1 fully saturated rings. The van der Waals surface area contributed by atoms with Crippen LogP contribution in [0, 0.1) is 12.7 Å². The summed E-state index contributed by atoms with van der Waals surface area (Å²) in [4.78, 5) is 23.6. The van der Waals surface area contributed by atoms with Gasteiger partial charge in [0.2, 0.25) is 0 Å². The zero-order chi connectivity index (χ0) is 23.5. The van der Waals surface area contributed by atoms with Crippen molar-refractivity contribution >= 4 is 22.6 Å². The molecule has 0 radical (unpaired) electrons. The molecule has 0 spiro atoms. The van der Waals surface area contributed by atoms with Gasteiger partial charge < -0.3 is 19.7 Å². The van der Waals surface area contributed by atoms with E-state index in [9.17, 15) is 18.0 Å². The van der Waals surface area contributed by atoms with Gasteiger partial charge in [0, 0.05) is 30.6 Å². The Hall–Kier alpha value is -3.40. The Kier molecular flexibility index (Phi) is 6.64. The van der Waals surface area contributed by atoms with E-state index in [4.69, 9.17) is 9.47 Å². The summed E-state index contributed by atoms with van der Waals surface area (Å²) in [6, 6.07) is 7.17. The Balaban J connectivity index is 1.68. The summed E-state index contributed by atoms with van der Waals surface area (Å²) >= 11 is 0. The molecule has 3 aromatic rings. The van der Waals surface area contributed by atoms with Gasteiger partial charge in [-0.2, -0.15) is 0 Å². The van der Waals surface area contributed by atoms with Crippen molar-refractivity contribution in [3.05, 3.63) is 58.7 Å². The van der Waals surface area contributed by atoms with Crippen LogP contribution in [0.5, 0.6) is 5.75 Å². The molecule has 0 bridgehead atoms. The minimum atomic E-state index is -2.90. The molecule has 1 saturated heterocycles. The van der Waals surface area contributed by atoms with Crippen LogP contribution in [0.15, 0.2) is 30.3 Å². The summed E-state index contributed by atoms with van der Waals surface area (Å²) in [5.74, 6) is 0.0184. The molecule has 2 heterocycles. The van der Waals surface area contributed by atoms with Crippen molar-refractivity contribution in [3.63, 3.8) is 0 Å². The fourth-order valence-corrected chi connectivity index (χ4v) is 3.76. The molecule has 4 rings (SSSR count). The molecule has 7 nitrogen and oxygen atoms in total. The predicted octanol–water partition coefficient (Wildman–Crippen LogP) is 4.11. The number of benzene rings is 2. The van der Waals surface area contributed by atoms with Gasteiger partial charge in [-0.25, -0.2) is 23.1 Å². The lowest BCUT2D eigenvalue weighted by Gasteiger charge is -2.27. The van der Waals surface area contributed by atoms with Crippen LogP contribution in [-0.2, 0) is 11.3 Å². The van der Waals surface area contributed by atoms with Gasteiger partial charge in [-0.15, -0.1) is 0 Å². The third-order valence-corrected chi connectivity index (χ3v) is 5.45. The van der Waals surface area contributed by atoms with Crippen LogP contribution in [0.2, 0.25) is 0 Å². The van der Waals surface area contributed by atoms with E-state index in [1.54, 1.807) is 24.0 Å². The third kappa shape index (κ3) is 4.70. The van der Waals surface area contributed by atoms with Crippen LogP contribution in [-0.4, -0.2) is 54.2 Å². The molecule has 33 heavy (non-hydrogen) atoms. The molecule has 1 amide bonds. The second-order valence-electron chi connectivity index (χ2n) is 7.57. The maximum atomic E-state index is 14.4.